The zero-order chi connectivity index (χ0) is 27.5. The molecule has 0 spiro atoms. The summed E-state index contributed by atoms with van der Waals surface area (Å²) in [6, 6.07) is 15.0. The maximum absolute atomic E-state index is 13.8. The first kappa shape index (κ1) is 26.4. The van der Waals surface area contributed by atoms with E-state index in [-0.39, 0.29) is 11.1 Å². The highest BCUT2D eigenvalue weighted by molar-refractivity contribution is 6.31. The Balaban J connectivity index is 1.52. The van der Waals surface area contributed by atoms with E-state index in [0.29, 0.717) is 53.8 Å². The molecule has 3 heterocycles. The highest BCUT2D eigenvalue weighted by Crippen LogP contribution is 2.31. The highest BCUT2D eigenvalue weighted by atomic mass is 35.5. The van der Waals surface area contributed by atoms with Gasteiger partial charge in [-0.2, -0.15) is 5.10 Å². The molecule has 0 fully saturated rings. The standard InChI is InChI=1S/C26H25Cl2N9O2/c27-18-6-7-21(36(30)13-23(28)29)19(11-18)20-12-25(38)35(16-32-20)22(10-17-4-2-1-3-5-17)26(39)34-8-9-37-24(14-34)31-15-33-37/h1-7,11-13,15-16,22H,8-10,14,29-30H2/b23-13-. The Hall–Kier alpha value is -4.19. The molecule has 13 heteroatoms. The number of amides is 1. The number of nitrogens with zero attached hydrogens (tertiary/aromatic N) is 7. The molecular weight excluding hydrogens is 541 g/mol. The molecule has 200 valence electrons. The van der Waals surface area contributed by atoms with Crippen molar-refractivity contribution in [1.29, 1.82) is 0 Å². The molecule has 2 aromatic heterocycles. The lowest BCUT2D eigenvalue weighted by Gasteiger charge is -2.31. The van der Waals surface area contributed by atoms with Gasteiger partial charge in [-0.15, -0.1) is 0 Å². The summed E-state index contributed by atoms with van der Waals surface area (Å²) in [5, 5.41) is 5.79. The predicted octanol–water partition coefficient (Wildman–Crippen LogP) is 2.66. The smallest absolute Gasteiger partial charge is 0.254 e. The van der Waals surface area contributed by atoms with Gasteiger partial charge in [-0.05, 0) is 23.8 Å². The van der Waals surface area contributed by atoms with Gasteiger partial charge in [-0.1, -0.05) is 53.5 Å². The van der Waals surface area contributed by atoms with Gasteiger partial charge >= 0.3 is 0 Å². The largest absolute Gasteiger partial charge is 0.388 e. The summed E-state index contributed by atoms with van der Waals surface area (Å²) in [4.78, 5) is 37.8. The van der Waals surface area contributed by atoms with Gasteiger partial charge in [-0.25, -0.2) is 20.5 Å². The van der Waals surface area contributed by atoms with Crippen LogP contribution in [0.4, 0.5) is 5.69 Å². The van der Waals surface area contributed by atoms with Crippen LogP contribution < -0.4 is 22.1 Å². The molecule has 0 aliphatic carbocycles. The van der Waals surface area contributed by atoms with Crippen LogP contribution in [0, 0.1) is 0 Å². The zero-order valence-electron chi connectivity index (χ0n) is 20.7. The van der Waals surface area contributed by atoms with E-state index in [2.05, 4.69) is 15.1 Å². The van der Waals surface area contributed by atoms with E-state index in [1.165, 1.54) is 34.5 Å². The summed E-state index contributed by atoms with van der Waals surface area (Å²) in [5.74, 6) is 6.60. The summed E-state index contributed by atoms with van der Waals surface area (Å²) in [6.45, 7) is 1.29. The minimum atomic E-state index is -0.820. The number of halogens is 2. The molecule has 0 radical (unpaired) electrons. The van der Waals surface area contributed by atoms with Crippen LogP contribution in [0.2, 0.25) is 5.02 Å². The molecule has 4 aromatic rings. The van der Waals surface area contributed by atoms with Crippen LogP contribution in [-0.2, 0) is 24.3 Å². The third-order valence-corrected chi connectivity index (χ3v) is 6.76. The lowest BCUT2D eigenvalue weighted by atomic mass is 10.0. The first-order valence-electron chi connectivity index (χ1n) is 12.0. The van der Waals surface area contributed by atoms with Crippen LogP contribution in [0.15, 0.2) is 83.4 Å². The molecule has 1 aliphatic rings. The molecule has 2 aromatic carbocycles. The molecule has 1 amide bonds. The summed E-state index contributed by atoms with van der Waals surface area (Å²) in [6.07, 6.45) is 4.49. The Morgan fingerprint density at radius 3 is 2.67 bits per heavy atom. The van der Waals surface area contributed by atoms with Crippen molar-refractivity contribution in [3.05, 3.63) is 105 Å². The summed E-state index contributed by atoms with van der Waals surface area (Å²) >= 11 is 12.0. The van der Waals surface area contributed by atoms with Crippen LogP contribution in [0.25, 0.3) is 11.3 Å². The van der Waals surface area contributed by atoms with Crippen LogP contribution in [0.3, 0.4) is 0 Å². The number of benzene rings is 2. The number of anilines is 1. The monoisotopic (exact) mass is 565 g/mol. The van der Waals surface area contributed by atoms with Gasteiger partial charge in [0.1, 0.15) is 23.3 Å². The average Bonchev–Trinajstić information content (AvgIpc) is 3.40. The van der Waals surface area contributed by atoms with Gasteiger partial charge in [0.25, 0.3) is 5.56 Å². The number of hydrogen-bond acceptors (Lipinski definition) is 8. The van der Waals surface area contributed by atoms with Crippen molar-refractivity contribution in [1.82, 2.24) is 29.2 Å². The third kappa shape index (κ3) is 5.80. The van der Waals surface area contributed by atoms with E-state index < -0.39 is 11.6 Å². The number of nitrogens with two attached hydrogens (primary N) is 2. The van der Waals surface area contributed by atoms with E-state index in [1.807, 2.05) is 30.3 Å². The molecule has 1 unspecified atom stereocenters. The Morgan fingerprint density at radius 1 is 1.13 bits per heavy atom. The Labute approximate surface area is 233 Å². The van der Waals surface area contributed by atoms with Crippen molar-refractivity contribution in [3.8, 4) is 11.3 Å². The van der Waals surface area contributed by atoms with Crippen molar-refractivity contribution < 1.29 is 4.79 Å². The molecular formula is C26H25Cl2N9O2. The number of aromatic nitrogens is 5. The second-order valence-electron chi connectivity index (χ2n) is 8.97. The number of fused-ring (bicyclic) bond motifs is 1. The van der Waals surface area contributed by atoms with Gasteiger partial charge in [0.2, 0.25) is 5.91 Å². The maximum Gasteiger partial charge on any atom is 0.254 e. The van der Waals surface area contributed by atoms with Crippen LogP contribution in [-0.4, -0.2) is 41.7 Å². The van der Waals surface area contributed by atoms with Gasteiger partial charge < -0.3 is 10.6 Å². The fourth-order valence-electron chi connectivity index (χ4n) is 4.54. The Bertz CT molecular complexity index is 1580. The maximum atomic E-state index is 13.8. The lowest BCUT2D eigenvalue weighted by molar-refractivity contribution is -0.136. The minimum Gasteiger partial charge on any atom is -0.388 e. The number of rotatable bonds is 7. The number of hydrazine groups is 1. The topological polar surface area (TPSA) is 141 Å². The van der Waals surface area contributed by atoms with Crippen LogP contribution in [0.5, 0.6) is 0 Å². The lowest BCUT2D eigenvalue weighted by Crippen LogP contribution is -2.45. The fourth-order valence-corrected chi connectivity index (χ4v) is 4.81. The number of carbonyl (C=O) groups is 1. The van der Waals surface area contributed by atoms with Gasteiger partial charge in [-0.3, -0.25) is 19.2 Å². The van der Waals surface area contributed by atoms with Crippen molar-refractivity contribution in [3.63, 3.8) is 0 Å². The zero-order valence-corrected chi connectivity index (χ0v) is 22.2. The first-order valence-corrected chi connectivity index (χ1v) is 12.8. The van der Waals surface area contributed by atoms with Gasteiger partial charge in [0.05, 0.1) is 37.0 Å². The number of hydrogen-bond donors (Lipinski definition) is 2. The molecule has 0 saturated heterocycles. The second-order valence-corrected chi connectivity index (χ2v) is 9.84. The molecule has 11 nitrogen and oxygen atoms in total. The molecule has 4 N–H and O–H groups in total. The molecule has 0 bridgehead atoms. The first-order chi connectivity index (χ1) is 18.8. The molecule has 5 rings (SSSR count). The van der Waals surface area contributed by atoms with E-state index in [9.17, 15) is 9.59 Å². The van der Waals surface area contributed by atoms with Crippen molar-refractivity contribution >= 4 is 34.8 Å². The van der Waals surface area contributed by atoms with E-state index in [4.69, 9.17) is 34.8 Å². The second kappa shape index (κ2) is 11.3. The van der Waals surface area contributed by atoms with Crippen molar-refractivity contribution in [2.45, 2.75) is 25.6 Å². The van der Waals surface area contributed by atoms with Gasteiger partial charge in [0, 0.05) is 29.6 Å². The molecule has 1 aliphatic heterocycles. The molecule has 39 heavy (non-hydrogen) atoms. The van der Waals surface area contributed by atoms with Gasteiger partial charge in [0.15, 0.2) is 0 Å². The average molecular weight is 566 g/mol. The van der Waals surface area contributed by atoms with E-state index in [0.717, 1.165) is 5.56 Å². The highest BCUT2D eigenvalue weighted by Gasteiger charge is 2.30. The predicted molar refractivity (Wildman–Crippen MR) is 148 cm³/mol. The summed E-state index contributed by atoms with van der Waals surface area (Å²) < 4.78 is 3.13. The summed E-state index contributed by atoms with van der Waals surface area (Å²) in [7, 11) is 0. The quantitative estimate of drug-likeness (QED) is 0.198. The third-order valence-electron chi connectivity index (χ3n) is 6.43. The minimum absolute atomic E-state index is 0.0278. The van der Waals surface area contributed by atoms with Crippen LogP contribution in [0.1, 0.15) is 17.4 Å². The van der Waals surface area contributed by atoms with Crippen LogP contribution >= 0.6 is 23.2 Å². The SMILES string of the molecule is N/C(Cl)=C\N(N)c1ccc(Cl)cc1-c1cc(=O)n(C(Cc2ccccc2)C(=O)N2CCn3ncnc3C2)cn1. The van der Waals surface area contributed by atoms with Crippen molar-refractivity contribution in [2.75, 3.05) is 11.6 Å². The fraction of sp³-hybridized carbons (Fsp3) is 0.192. The van der Waals surface area contributed by atoms with E-state index in [1.54, 1.807) is 27.8 Å². The van der Waals surface area contributed by atoms with E-state index >= 15 is 0 Å². The summed E-state index contributed by atoms with van der Waals surface area (Å²) in [5.41, 5.74) is 7.36. The molecule has 1 atom stereocenters. The Kier molecular flexibility index (Phi) is 7.64. The Morgan fingerprint density at radius 2 is 1.92 bits per heavy atom. The normalized spacial score (nSPS) is 14.1. The van der Waals surface area contributed by atoms with Crippen molar-refractivity contribution in [2.24, 2.45) is 11.6 Å². The number of carbonyl (C=O) groups excluding carboxylic acids is 1. The molecule has 0 saturated carbocycles.